The van der Waals surface area contributed by atoms with Crippen LogP contribution in [0.25, 0.3) is 0 Å². The van der Waals surface area contributed by atoms with Gasteiger partial charge >= 0.3 is 6.09 Å². The summed E-state index contributed by atoms with van der Waals surface area (Å²) in [5, 5.41) is 2.79. The largest absolute Gasteiger partial charge is 0.441 e. The summed E-state index contributed by atoms with van der Waals surface area (Å²) < 4.78 is 5.03. The molecule has 1 N–H and O–H groups in total. The normalized spacial score (nSPS) is 19.6. The lowest BCUT2D eigenvalue weighted by atomic mass is 10.1. The molecule has 1 atom stereocenters. The number of aromatic nitrogens is 2. The average molecular weight is 214 g/mol. The highest BCUT2D eigenvalue weighted by Gasteiger charge is 2.28. The summed E-state index contributed by atoms with van der Waals surface area (Å²) in [7, 11) is 0. The molecule has 0 spiro atoms. The van der Waals surface area contributed by atoms with Gasteiger partial charge in [-0.3, -0.25) is 5.32 Å². The van der Waals surface area contributed by atoms with E-state index in [1.54, 1.807) is 0 Å². The van der Waals surface area contributed by atoms with Gasteiger partial charge in [-0.1, -0.05) is 18.5 Å². The molecule has 0 radical (unpaired) electrons. The Bertz CT molecular complexity index is 383. The number of anilines is 1. The summed E-state index contributed by atoms with van der Waals surface area (Å²) in [5.74, 6) is 0.438. The third-order valence-electron chi connectivity index (χ3n) is 2.00. The van der Waals surface area contributed by atoms with E-state index < -0.39 is 6.09 Å². The Hall–Kier alpha value is -1.36. The Morgan fingerprint density at radius 2 is 2.43 bits per heavy atom. The Morgan fingerprint density at radius 1 is 1.64 bits per heavy atom. The van der Waals surface area contributed by atoms with E-state index in [0.717, 1.165) is 0 Å². The summed E-state index contributed by atoms with van der Waals surface area (Å²) in [5.41, 5.74) is 0.649. The quantitative estimate of drug-likeness (QED) is 0.726. The first-order valence-electron chi connectivity index (χ1n) is 4.20. The van der Waals surface area contributed by atoms with Crippen molar-refractivity contribution in [2.24, 2.45) is 0 Å². The first kappa shape index (κ1) is 9.21. The summed E-state index contributed by atoms with van der Waals surface area (Å²) in [4.78, 5) is 18.8. The van der Waals surface area contributed by atoms with Gasteiger partial charge in [0.15, 0.2) is 0 Å². The van der Waals surface area contributed by atoms with Gasteiger partial charge in [-0.15, -0.1) is 0 Å². The molecule has 74 valence electrons. The van der Waals surface area contributed by atoms with Crippen LogP contribution in [0.4, 0.5) is 10.6 Å². The van der Waals surface area contributed by atoms with Crippen LogP contribution >= 0.6 is 11.6 Å². The van der Waals surface area contributed by atoms with Crippen molar-refractivity contribution >= 4 is 23.5 Å². The molecule has 0 saturated carbocycles. The lowest BCUT2D eigenvalue weighted by Crippen LogP contribution is -2.25. The molecule has 2 rings (SSSR count). The molecule has 1 aromatic heterocycles. The second-order valence-corrected chi connectivity index (χ2v) is 3.21. The van der Waals surface area contributed by atoms with E-state index >= 15 is 0 Å². The van der Waals surface area contributed by atoms with E-state index in [1.165, 1.54) is 6.33 Å². The number of carbonyl (C=O) groups is 1. The first-order chi connectivity index (χ1) is 6.72. The van der Waals surface area contributed by atoms with Gasteiger partial charge in [0.05, 0.1) is 5.56 Å². The van der Waals surface area contributed by atoms with Gasteiger partial charge in [-0.05, 0) is 6.42 Å². The van der Waals surface area contributed by atoms with Crippen molar-refractivity contribution in [1.29, 1.82) is 0 Å². The zero-order valence-corrected chi connectivity index (χ0v) is 8.21. The highest BCUT2D eigenvalue weighted by atomic mass is 35.5. The molecule has 1 aromatic rings. The number of amides is 1. The maximum absolute atomic E-state index is 11.1. The molecule has 1 aliphatic heterocycles. The minimum atomic E-state index is -0.501. The lowest BCUT2D eigenvalue weighted by molar-refractivity contribution is 0.103. The molecule has 0 saturated heterocycles. The second-order valence-electron chi connectivity index (χ2n) is 2.85. The zero-order chi connectivity index (χ0) is 10.1. The minimum Gasteiger partial charge on any atom is -0.441 e. The summed E-state index contributed by atoms with van der Waals surface area (Å²) in [6.45, 7) is 1.90. The fraction of sp³-hybridized carbons (Fsp3) is 0.375. The maximum Gasteiger partial charge on any atom is 0.413 e. The van der Waals surface area contributed by atoms with Crippen molar-refractivity contribution < 1.29 is 9.53 Å². The van der Waals surface area contributed by atoms with E-state index in [0.29, 0.717) is 23.0 Å². The minimum absolute atomic E-state index is 0.321. The van der Waals surface area contributed by atoms with Crippen LogP contribution in [0.5, 0.6) is 0 Å². The number of carbonyl (C=O) groups excluding carboxylic acids is 1. The molecule has 1 amide bonds. The van der Waals surface area contributed by atoms with Crippen molar-refractivity contribution in [1.82, 2.24) is 9.97 Å². The van der Waals surface area contributed by atoms with Crippen molar-refractivity contribution in [3.05, 3.63) is 17.0 Å². The van der Waals surface area contributed by atoms with Gasteiger partial charge in [-0.25, -0.2) is 14.8 Å². The lowest BCUT2D eigenvalue weighted by Gasteiger charge is -2.24. The predicted octanol–water partition coefficient (Wildman–Crippen LogP) is 2.14. The molecule has 2 heterocycles. The average Bonchev–Trinajstić information content (AvgIpc) is 2.16. The molecule has 1 unspecified atom stereocenters. The van der Waals surface area contributed by atoms with E-state index in [2.05, 4.69) is 15.3 Å². The summed E-state index contributed by atoms with van der Waals surface area (Å²) >= 11 is 5.88. The van der Waals surface area contributed by atoms with Crippen molar-refractivity contribution in [3.8, 4) is 0 Å². The SMILES string of the molecule is CCC1OC(=O)Nc2ncnc(Cl)c21. The summed E-state index contributed by atoms with van der Waals surface area (Å²) in [6, 6.07) is 0. The second kappa shape index (κ2) is 3.42. The van der Waals surface area contributed by atoms with Gasteiger partial charge in [0.25, 0.3) is 0 Å². The highest BCUT2D eigenvalue weighted by Crippen LogP contribution is 2.34. The molecular weight excluding hydrogens is 206 g/mol. The van der Waals surface area contributed by atoms with E-state index in [9.17, 15) is 4.79 Å². The van der Waals surface area contributed by atoms with Crippen LogP contribution in [-0.4, -0.2) is 16.1 Å². The number of halogens is 1. The standard InChI is InChI=1S/C8H8ClN3O2/c1-2-4-5-6(9)10-3-11-7(5)12-8(13)14-4/h3-4H,2H2,1H3,(H,10,11,12,13). The monoisotopic (exact) mass is 213 g/mol. The molecule has 6 heteroatoms. The number of nitrogens with one attached hydrogen (secondary N) is 1. The first-order valence-corrected chi connectivity index (χ1v) is 4.58. The van der Waals surface area contributed by atoms with E-state index in [1.807, 2.05) is 6.92 Å². The van der Waals surface area contributed by atoms with Crippen LogP contribution < -0.4 is 5.32 Å². The molecule has 0 bridgehead atoms. The highest BCUT2D eigenvalue weighted by molar-refractivity contribution is 6.30. The molecule has 0 aliphatic carbocycles. The van der Waals surface area contributed by atoms with Crippen molar-refractivity contribution in [2.45, 2.75) is 19.4 Å². The maximum atomic E-state index is 11.1. The fourth-order valence-corrected chi connectivity index (χ4v) is 1.62. The Labute approximate surface area is 85.5 Å². The topological polar surface area (TPSA) is 64.1 Å². The van der Waals surface area contributed by atoms with Gasteiger partial charge in [0.1, 0.15) is 23.4 Å². The van der Waals surface area contributed by atoms with Gasteiger partial charge in [0, 0.05) is 0 Å². The number of cyclic esters (lactones) is 1. The van der Waals surface area contributed by atoms with Gasteiger partial charge in [0.2, 0.25) is 0 Å². The molecule has 0 aromatic carbocycles. The number of hydrogen-bond acceptors (Lipinski definition) is 4. The molecular formula is C8H8ClN3O2. The molecule has 14 heavy (non-hydrogen) atoms. The van der Waals surface area contributed by atoms with Crippen LogP contribution in [0, 0.1) is 0 Å². The van der Waals surface area contributed by atoms with Crippen LogP contribution in [0.1, 0.15) is 25.0 Å². The third kappa shape index (κ3) is 1.39. The van der Waals surface area contributed by atoms with Crippen LogP contribution in [0.3, 0.4) is 0 Å². The Morgan fingerprint density at radius 3 is 3.14 bits per heavy atom. The zero-order valence-electron chi connectivity index (χ0n) is 7.45. The Balaban J connectivity index is 2.51. The molecule has 1 aliphatic rings. The Kier molecular flexibility index (Phi) is 2.25. The molecule has 5 nitrogen and oxygen atoms in total. The number of fused-ring (bicyclic) bond motifs is 1. The smallest absolute Gasteiger partial charge is 0.413 e. The number of hydrogen-bond donors (Lipinski definition) is 1. The van der Waals surface area contributed by atoms with Crippen molar-refractivity contribution in [3.63, 3.8) is 0 Å². The number of rotatable bonds is 1. The van der Waals surface area contributed by atoms with E-state index in [4.69, 9.17) is 16.3 Å². The van der Waals surface area contributed by atoms with Gasteiger partial charge in [-0.2, -0.15) is 0 Å². The van der Waals surface area contributed by atoms with Gasteiger partial charge < -0.3 is 4.74 Å². The third-order valence-corrected chi connectivity index (χ3v) is 2.30. The number of ether oxygens (including phenoxy) is 1. The van der Waals surface area contributed by atoms with E-state index in [-0.39, 0.29) is 6.10 Å². The van der Waals surface area contributed by atoms with Crippen molar-refractivity contribution in [2.75, 3.05) is 5.32 Å². The van der Waals surface area contributed by atoms with Crippen LogP contribution in [-0.2, 0) is 4.74 Å². The molecule has 0 fully saturated rings. The number of nitrogens with zero attached hydrogens (tertiary/aromatic N) is 2. The predicted molar refractivity (Wildman–Crippen MR) is 50.2 cm³/mol. The van der Waals surface area contributed by atoms with Crippen LogP contribution in [0.2, 0.25) is 5.15 Å². The van der Waals surface area contributed by atoms with Crippen LogP contribution in [0.15, 0.2) is 6.33 Å². The fourth-order valence-electron chi connectivity index (χ4n) is 1.36. The summed E-state index contributed by atoms with van der Waals surface area (Å²) in [6.07, 6.45) is 1.10.